The van der Waals surface area contributed by atoms with Crippen molar-refractivity contribution < 1.29 is 21.9 Å². The minimum Gasteiger partial charge on any atom is -0.693 e. The predicted octanol–water partition coefficient (Wildman–Crippen LogP) is 1.38. The molecule has 13 N–H and O–H groups in total. The number of aromatic nitrogens is 8. The Morgan fingerprint density at radius 2 is 1.50 bits per heavy atom. The van der Waals surface area contributed by atoms with Gasteiger partial charge < -0.3 is 30.8 Å². The van der Waals surface area contributed by atoms with Crippen LogP contribution in [0.3, 0.4) is 0 Å². The van der Waals surface area contributed by atoms with E-state index in [1.807, 2.05) is 0 Å². The van der Waals surface area contributed by atoms with Gasteiger partial charge in [0.15, 0.2) is 5.21 Å². The summed E-state index contributed by atoms with van der Waals surface area (Å²) in [5, 5.41) is 25.0. The molecule has 2 aromatic heterocycles. The SMILES string of the molecule is [Co+3].[NH2-].[NH2-].[NH2-].[NH2-].[NH2-].n1nc(-c2nn[nH][nH+]2)n[nH]1. The summed E-state index contributed by atoms with van der Waals surface area (Å²) < 4.78 is 0. The first kappa shape index (κ1) is 29.3. The first-order chi connectivity index (χ1) is 4.97. The Morgan fingerprint density at radius 3 is 1.88 bits per heavy atom. The Kier molecular flexibility index (Phi) is 24.6. The fourth-order valence-electron chi connectivity index (χ4n) is 0.541. The van der Waals surface area contributed by atoms with Gasteiger partial charge >= 0.3 is 22.6 Å². The van der Waals surface area contributed by atoms with Crippen LogP contribution in [0.1, 0.15) is 0 Å². The molecule has 16 heavy (non-hydrogen) atoms. The van der Waals surface area contributed by atoms with Gasteiger partial charge in [-0.3, -0.25) is 0 Å². The molecule has 0 unspecified atom stereocenters. The van der Waals surface area contributed by atoms with Gasteiger partial charge in [0.05, 0.1) is 0 Å². The maximum absolute atomic E-state index is 3.66. The van der Waals surface area contributed by atoms with Crippen LogP contribution in [0.4, 0.5) is 0 Å². The topological polar surface area (TPSA) is 278 Å². The monoisotopic (exact) mass is 278 g/mol. The van der Waals surface area contributed by atoms with Gasteiger partial charge in [0, 0.05) is 0 Å². The fourth-order valence-corrected chi connectivity index (χ4v) is 0.541. The maximum Gasteiger partial charge on any atom is 3.00 e. The van der Waals surface area contributed by atoms with Crippen LogP contribution in [0.15, 0.2) is 0 Å². The number of H-pyrrole nitrogens is 3. The summed E-state index contributed by atoms with van der Waals surface area (Å²) in [5.41, 5.74) is 0. The molecule has 0 amide bonds. The molecule has 0 aliphatic rings. The van der Waals surface area contributed by atoms with Crippen LogP contribution in [0.2, 0.25) is 0 Å². The molecule has 0 aliphatic carbocycles. The molecule has 0 fully saturated rings. The number of nitrogens with zero attached hydrogens (tertiary/aromatic N) is 5. The van der Waals surface area contributed by atoms with Crippen molar-refractivity contribution in [1.29, 1.82) is 0 Å². The van der Waals surface area contributed by atoms with E-state index in [0.717, 1.165) is 0 Å². The smallest absolute Gasteiger partial charge is 0.693 e. The molecule has 96 valence electrons. The van der Waals surface area contributed by atoms with Crippen LogP contribution < -0.4 is 5.10 Å². The van der Waals surface area contributed by atoms with Crippen molar-refractivity contribution in [2.75, 3.05) is 0 Å². The molecule has 0 spiro atoms. The van der Waals surface area contributed by atoms with Gasteiger partial charge in [0.1, 0.15) is 5.10 Å². The van der Waals surface area contributed by atoms with Crippen LogP contribution >= 0.6 is 0 Å². The predicted molar refractivity (Wildman–Crippen MR) is 52.5 cm³/mol. The summed E-state index contributed by atoms with van der Waals surface area (Å²) >= 11 is 0. The number of hydrogen-bond acceptors (Lipinski definition) is 5. The number of rotatable bonds is 1. The third-order valence-corrected chi connectivity index (χ3v) is 0.931. The van der Waals surface area contributed by atoms with Crippen molar-refractivity contribution in [3.8, 4) is 11.6 Å². The van der Waals surface area contributed by atoms with E-state index in [0.29, 0.717) is 11.6 Å². The summed E-state index contributed by atoms with van der Waals surface area (Å²) in [6, 6.07) is 0. The summed E-state index contributed by atoms with van der Waals surface area (Å²) in [6.07, 6.45) is 0. The van der Waals surface area contributed by atoms with E-state index < -0.39 is 0 Å². The molecule has 2 heterocycles. The first-order valence-corrected chi connectivity index (χ1v) is 2.49. The van der Waals surface area contributed by atoms with Gasteiger partial charge in [-0.1, -0.05) is 5.21 Å². The van der Waals surface area contributed by atoms with Crippen molar-refractivity contribution in [2.24, 2.45) is 0 Å². The second-order valence-corrected chi connectivity index (χ2v) is 1.52. The van der Waals surface area contributed by atoms with E-state index in [4.69, 9.17) is 0 Å². The van der Waals surface area contributed by atoms with Crippen molar-refractivity contribution in [3.05, 3.63) is 30.8 Å². The molecule has 0 radical (unpaired) electrons. The molecule has 0 saturated carbocycles. The molecule has 0 aliphatic heterocycles. The molecule has 2 rings (SSSR count). The van der Waals surface area contributed by atoms with Gasteiger partial charge in [0.2, 0.25) is 0 Å². The van der Waals surface area contributed by atoms with Gasteiger partial charge in [0.25, 0.3) is 5.82 Å². The van der Waals surface area contributed by atoms with E-state index in [9.17, 15) is 0 Å². The molecule has 0 bridgehead atoms. The first-order valence-electron chi connectivity index (χ1n) is 2.49. The number of nitrogens with two attached hydrogens (primary N) is 5. The van der Waals surface area contributed by atoms with Gasteiger partial charge in [-0.25, -0.2) is 0 Å². The Bertz CT molecular complexity index is 253. The van der Waals surface area contributed by atoms with E-state index >= 15 is 0 Å². The number of hydrogen-bond donors (Lipinski definition) is 2. The second-order valence-electron chi connectivity index (χ2n) is 1.52. The largest absolute Gasteiger partial charge is 3.00 e. The second kappa shape index (κ2) is 13.4. The number of tetrazole rings is 2. The van der Waals surface area contributed by atoms with Crippen molar-refractivity contribution in [1.82, 2.24) is 36.1 Å². The van der Waals surface area contributed by atoms with Gasteiger partial charge in [-0.05, 0) is 5.21 Å². The van der Waals surface area contributed by atoms with E-state index in [-0.39, 0.29) is 47.5 Å². The summed E-state index contributed by atoms with van der Waals surface area (Å²) in [6.45, 7) is 0. The van der Waals surface area contributed by atoms with Gasteiger partial charge in [-0.15, -0.1) is 10.2 Å². The standard InChI is InChI=1S/C2H2N8.Co.5H2N/c3-1(4-8-7-3)2-5-9-10-6-2;;;;;;/h(H,3,4,7,8)(H,5,6,9,10);;5*1H2/q;+3;5*-1/p+1. The third-order valence-electron chi connectivity index (χ3n) is 0.931. The molecular formula is C2H13CoN13-. The van der Waals surface area contributed by atoms with Crippen LogP contribution in [-0.4, -0.2) is 36.1 Å². The zero-order valence-electron chi connectivity index (χ0n) is 7.96. The molecule has 2 aromatic rings. The Balaban J connectivity index is -0.0000000672. The molecular weight excluding hydrogens is 265 g/mol. The number of nitrogens with one attached hydrogen (secondary N) is 3. The van der Waals surface area contributed by atoms with Gasteiger partial charge in [-0.2, -0.15) is 10.3 Å². The quantitative estimate of drug-likeness (QED) is 0.778. The zero-order valence-corrected chi connectivity index (χ0v) is 9.00. The van der Waals surface area contributed by atoms with Crippen molar-refractivity contribution in [3.63, 3.8) is 0 Å². The fraction of sp³-hybridized carbons (Fsp3) is 0. The summed E-state index contributed by atoms with van der Waals surface area (Å²) in [4.78, 5) is 0. The molecule has 13 nitrogen and oxygen atoms in total. The summed E-state index contributed by atoms with van der Waals surface area (Å²) in [7, 11) is 0. The van der Waals surface area contributed by atoms with Crippen LogP contribution in [-0.2, 0) is 16.8 Å². The maximum atomic E-state index is 3.66. The Hall–Kier alpha value is -1.55. The molecule has 0 aromatic carbocycles. The molecule has 0 saturated heterocycles. The minimum absolute atomic E-state index is 0. The summed E-state index contributed by atoms with van der Waals surface area (Å²) in [5.74, 6) is 0.836. The number of aromatic amines is 3. The zero-order chi connectivity index (χ0) is 6.81. The average molecular weight is 278 g/mol. The Labute approximate surface area is 101 Å². The van der Waals surface area contributed by atoms with E-state index in [1.165, 1.54) is 0 Å². The van der Waals surface area contributed by atoms with Crippen molar-refractivity contribution >= 4 is 0 Å². The molecule has 14 heteroatoms. The average Bonchev–Trinajstić information content (AvgIpc) is 2.59. The van der Waals surface area contributed by atoms with E-state index in [1.54, 1.807) is 0 Å². The minimum atomic E-state index is 0. The van der Waals surface area contributed by atoms with Crippen LogP contribution in [0.5, 0.6) is 0 Å². The van der Waals surface area contributed by atoms with Crippen molar-refractivity contribution in [2.45, 2.75) is 0 Å². The third kappa shape index (κ3) is 6.03. The Morgan fingerprint density at radius 1 is 0.875 bits per heavy atom. The van der Waals surface area contributed by atoms with Crippen LogP contribution in [0.25, 0.3) is 42.4 Å². The van der Waals surface area contributed by atoms with E-state index in [2.05, 4.69) is 41.2 Å². The molecule has 0 atom stereocenters. The van der Waals surface area contributed by atoms with Crippen LogP contribution in [0, 0.1) is 0 Å². The normalized spacial score (nSPS) is 6.25.